The maximum absolute atomic E-state index is 12.0. The topological polar surface area (TPSA) is 55.1 Å². The van der Waals surface area contributed by atoms with Gasteiger partial charge in [-0.1, -0.05) is 0 Å². The highest BCUT2D eigenvalue weighted by atomic mass is 19.4. The normalized spacial score (nSPS) is 16.8. The molecule has 3 nitrogen and oxygen atoms in total. The molecule has 0 aromatic rings. The van der Waals surface area contributed by atoms with Gasteiger partial charge in [-0.05, 0) is 13.8 Å². The molecular formula is C6H11F3N2O. The average Bonchev–Trinajstić information content (AvgIpc) is 1.85. The molecular weight excluding hydrogens is 173 g/mol. The van der Waals surface area contributed by atoms with Crippen LogP contribution in [-0.4, -0.2) is 24.2 Å². The second-order valence-electron chi connectivity index (χ2n) is 2.56. The maximum atomic E-state index is 12.0. The Hall–Kier alpha value is -0.780. The van der Waals surface area contributed by atoms with E-state index in [0.717, 1.165) is 0 Å². The van der Waals surface area contributed by atoms with E-state index in [0.29, 0.717) is 6.92 Å². The third-order valence-corrected chi connectivity index (χ3v) is 1.40. The molecule has 72 valence electrons. The zero-order valence-corrected chi connectivity index (χ0v) is 6.83. The first-order chi connectivity index (χ1) is 5.23. The van der Waals surface area contributed by atoms with Gasteiger partial charge in [0.2, 0.25) is 5.91 Å². The molecule has 0 saturated carbocycles. The minimum Gasteiger partial charge on any atom is -0.354 e. The molecule has 1 unspecified atom stereocenters. The summed E-state index contributed by atoms with van der Waals surface area (Å²) in [4.78, 5) is 10.8. The Morgan fingerprint density at radius 1 is 1.50 bits per heavy atom. The quantitative estimate of drug-likeness (QED) is 0.652. The zero-order valence-electron chi connectivity index (χ0n) is 6.83. The Kier molecular flexibility index (Phi) is 3.09. The SMILES string of the molecule is CCNC(=O)C(C)(N)C(F)(F)F. The number of rotatable bonds is 2. The molecule has 0 fully saturated rings. The molecule has 6 heteroatoms. The number of hydrogen-bond acceptors (Lipinski definition) is 2. The van der Waals surface area contributed by atoms with Crippen molar-refractivity contribution in [1.82, 2.24) is 5.32 Å². The lowest BCUT2D eigenvalue weighted by Crippen LogP contribution is -2.61. The third kappa shape index (κ3) is 2.10. The molecule has 0 rings (SSSR count). The fourth-order valence-corrected chi connectivity index (χ4v) is 0.473. The molecule has 0 bridgehead atoms. The molecule has 0 aliphatic carbocycles. The van der Waals surface area contributed by atoms with Crippen molar-refractivity contribution >= 4 is 5.91 Å². The Labute approximate surface area is 68.1 Å². The van der Waals surface area contributed by atoms with Gasteiger partial charge in [0.25, 0.3) is 0 Å². The van der Waals surface area contributed by atoms with Gasteiger partial charge in [-0.15, -0.1) is 0 Å². The van der Waals surface area contributed by atoms with E-state index < -0.39 is 17.6 Å². The van der Waals surface area contributed by atoms with E-state index in [1.165, 1.54) is 6.92 Å². The molecule has 3 N–H and O–H groups in total. The molecule has 0 heterocycles. The molecule has 1 atom stereocenters. The highest BCUT2D eigenvalue weighted by Gasteiger charge is 2.53. The Balaban J connectivity index is 4.50. The first-order valence-electron chi connectivity index (χ1n) is 3.37. The Morgan fingerprint density at radius 2 is 1.92 bits per heavy atom. The van der Waals surface area contributed by atoms with Crippen LogP contribution in [0.5, 0.6) is 0 Å². The van der Waals surface area contributed by atoms with Crippen molar-refractivity contribution in [3.8, 4) is 0 Å². The number of likely N-dealkylation sites (N-methyl/N-ethyl adjacent to an activating group) is 1. The van der Waals surface area contributed by atoms with Gasteiger partial charge < -0.3 is 11.1 Å². The standard InChI is InChI=1S/C6H11F3N2O/c1-3-11-4(12)5(2,10)6(7,8)9/h3,10H2,1-2H3,(H,11,12). The third-order valence-electron chi connectivity index (χ3n) is 1.40. The monoisotopic (exact) mass is 184 g/mol. The number of nitrogens with one attached hydrogen (secondary N) is 1. The fraction of sp³-hybridized carbons (Fsp3) is 0.833. The summed E-state index contributed by atoms with van der Waals surface area (Å²) in [5.41, 5.74) is 1.98. The number of halogens is 3. The van der Waals surface area contributed by atoms with Crippen LogP contribution in [0.4, 0.5) is 13.2 Å². The lowest BCUT2D eigenvalue weighted by Gasteiger charge is -2.25. The molecule has 0 aromatic heterocycles. The summed E-state index contributed by atoms with van der Waals surface area (Å²) >= 11 is 0. The minimum atomic E-state index is -4.72. The van der Waals surface area contributed by atoms with Crippen molar-refractivity contribution in [2.45, 2.75) is 25.6 Å². The van der Waals surface area contributed by atoms with E-state index in [-0.39, 0.29) is 6.54 Å². The Morgan fingerprint density at radius 3 is 2.17 bits per heavy atom. The largest absolute Gasteiger partial charge is 0.415 e. The Bertz CT molecular complexity index is 176. The lowest BCUT2D eigenvalue weighted by molar-refractivity contribution is -0.187. The van der Waals surface area contributed by atoms with Gasteiger partial charge in [0, 0.05) is 6.54 Å². The number of carbonyl (C=O) groups excluding carboxylic acids is 1. The summed E-state index contributed by atoms with van der Waals surface area (Å²) < 4.78 is 36.1. The highest BCUT2D eigenvalue weighted by Crippen LogP contribution is 2.27. The molecule has 0 aliphatic heterocycles. The van der Waals surface area contributed by atoms with E-state index in [1.54, 1.807) is 0 Å². The number of amides is 1. The van der Waals surface area contributed by atoms with Crippen LogP contribution in [0.25, 0.3) is 0 Å². The van der Waals surface area contributed by atoms with Gasteiger partial charge in [0.15, 0.2) is 5.54 Å². The molecule has 1 amide bonds. The summed E-state index contributed by atoms with van der Waals surface area (Å²) in [6.45, 7) is 2.28. The summed E-state index contributed by atoms with van der Waals surface area (Å²) in [5, 5.41) is 2.01. The molecule has 0 aliphatic rings. The van der Waals surface area contributed by atoms with Gasteiger partial charge in [0.05, 0.1) is 0 Å². The van der Waals surface area contributed by atoms with Crippen LogP contribution in [0.3, 0.4) is 0 Å². The van der Waals surface area contributed by atoms with Gasteiger partial charge in [-0.25, -0.2) is 0 Å². The van der Waals surface area contributed by atoms with Gasteiger partial charge in [-0.2, -0.15) is 13.2 Å². The first kappa shape index (κ1) is 11.2. The highest BCUT2D eigenvalue weighted by molar-refractivity contribution is 5.86. The van der Waals surface area contributed by atoms with E-state index in [2.05, 4.69) is 0 Å². The van der Waals surface area contributed by atoms with Crippen LogP contribution in [-0.2, 0) is 4.79 Å². The first-order valence-corrected chi connectivity index (χ1v) is 3.37. The van der Waals surface area contributed by atoms with Crippen LogP contribution in [0.15, 0.2) is 0 Å². The van der Waals surface area contributed by atoms with Crippen molar-refractivity contribution in [2.24, 2.45) is 5.73 Å². The van der Waals surface area contributed by atoms with Crippen molar-refractivity contribution in [3.63, 3.8) is 0 Å². The zero-order chi connectivity index (χ0) is 9.99. The number of hydrogen-bond donors (Lipinski definition) is 2. The second kappa shape index (κ2) is 3.30. The summed E-state index contributed by atoms with van der Waals surface area (Å²) in [5.74, 6) is -1.21. The predicted octanol–water partition coefficient (Wildman–Crippen LogP) is 0.402. The molecule has 0 spiro atoms. The summed E-state index contributed by atoms with van der Waals surface area (Å²) in [7, 11) is 0. The van der Waals surface area contributed by atoms with Crippen molar-refractivity contribution in [3.05, 3.63) is 0 Å². The molecule has 0 aromatic carbocycles. The smallest absolute Gasteiger partial charge is 0.354 e. The second-order valence-corrected chi connectivity index (χ2v) is 2.56. The van der Waals surface area contributed by atoms with Crippen LogP contribution in [0.1, 0.15) is 13.8 Å². The van der Waals surface area contributed by atoms with Crippen molar-refractivity contribution in [1.29, 1.82) is 0 Å². The van der Waals surface area contributed by atoms with Crippen molar-refractivity contribution < 1.29 is 18.0 Å². The van der Waals surface area contributed by atoms with E-state index >= 15 is 0 Å². The number of alkyl halides is 3. The average molecular weight is 184 g/mol. The van der Waals surface area contributed by atoms with E-state index in [4.69, 9.17) is 5.73 Å². The summed E-state index contributed by atoms with van der Waals surface area (Å²) in [6.07, 6.45) is -4.72. The van der Waals surface area contributed by atoms with Crippen LogP contribution in [0, 0.1) is 0 Å². The fourth-order valence-electron chi connectivity index (χ4n) is 0.473. The predicted molar refractivity (Wildman–Crippen MR) is 37.3 cm³/mol. The molecule has 0 radical (unpaired) electrons. The lowest BCUT2D eigenvalue weighted by atomic mass is 10.0. The van der Waals surface area contributed by atoms with E-state index in [1.807, 2.05) is 5.32 Å². The van der Waals surface area contributed by atoms with Crippen LogP contribution < -0.4 is 11.1 Å². The molecule has 12 heavy (non-hydrogen) atoms. The van der Waals surface area contributed by atoms with Gasteiger partial charge in [-0.3, -0.25) is 4.79 Å². The number of carbonyl (C=O) groups is 1. The minimum absolute atomic E-state index is 0.127. The van der Waals surface area contributed by atoms with Gasteiger partial charge in [0.1, 0.15) is 0 Å². The van der Waals surface area contributed by atoms with E-state index in [9.17, 15) is 18.0 Å². The number of nitrogens with two attached hydrogens (primary N) is 1. The van der Waals surface area contributed by atoms with Gasteiger partial charge >= 0.3 is 6.18 Å². The van der Waals surface area contributed by atoms with Crippen molar-refractivity contribution in [2.75, 3.05) is 6.54 Å². The van der Waals surface area contributed by atoms with Crippen LogP contribution in [0.2, 0.25) is 0 Å². The molecule has 0 saturated heterocycles. The maximum Gasteiger partial charge on any atom is 0.415 e. The summed E-state index contributed by atoms with van der Waals surface area (Å²) in [6, 6.07) is 0. The van der Waals surface area contributed by atoms with Crippen LogP contribution >= 0.6 is 0 Å².